The lowest BCUT2D eigenvalue weighted by Crippen LogP contribution is -3.12. The molecule has 1 amide bonds. The van der Waals surface area contributed by atoms with Gasteiger partial charge in [-0.2, -0.15) is 0 Å². The Morgan fingerprint density at radius 2 is 1.83 bits per heavy atom. The van der Waals surface area contributed by atoms with Crippen molar-refractivity contribution >= 4 is 22.9 Å². The number of fused-ring (bicyclic) bond motifs is 2. The van der Waals surface area contributed by atoms with Crippen molar-refractivity contribution in [1.29, 1.82) is 0 Å². The summed E-state index contributed by atoms with van der Waals surface area (Å²) in [6, 6.07) is 18.5. The summed E-state index contributed by atoms with van der Waals surface area (Å²) in [5, 5.41) is 2.05. The lowest BCUT2D eigenvalue weighted by molar-refractivity contribution is -0.907. The zero-order valence-corrected chi connectivity index (χ0v) is 17.6. The predicted molar refractivity (Wildman–Crippen MR) is 117 cm³/mol. The molecule has 2 aromatic carbocycles. The second kappa shape index (κ2) is 8.50. The van der Waals surface area contributed by atoms with E-state index in [0.717, 1.165) is 35.8 Å². The average molecular weight is 422 g/mol. The van der Waals surface area contributed by atoms with Crippen LogP contribution >= 0.6 is 11.3 Å². The standard InChI is InChI=1S/C24H24N2O3S/c27-24(17-25-10-9-18-4-1-2-5-19(18)15-25)26(16-21-6-3-13-30-21)20-7-8-22-23(14-20)29-12-11-28-22/h1-8,13-14H,9-12,15-17H2/p+1. The molecular weight excluding hydrogens is 396 g/mol. The van der Waals surface area contributed by atoms with E-state index < -0.39 is 0 Å². The molecule has 0 radical (unpaired) electrons. The highest BCUT2D eigenvalue weighted by Gasteiger charge is 2.26. The van der Waals surface area contributed by atoms with Gasteiger partial charge in [0.25, 0.3) is 5.91 Å². The third-order valence-corrected chi connectivity index (χ3v) is 6.60. The monoisotopic (exact) mass is 421 g/mol. The minimum absolute atomic E-state index is 0.134. The quantitative estimate of drug-likeness (QED) is 0.689. The number of hydrogen-bond donors (Lipinski definition) is 1. The van der Waals surface area contributed by atoms with Crippen LogP contribution in [0.1, 0.15) is 16.0 Å². The lowest BCUT2D eigenvalue weighted by atomic mass is 10.00. The second-order valence-electron chi connectivity index (χ2n) is 7.76. The molecular formula is C24H25N2O3S+. The number of hydrogen-bond acceptors (Lipinski definition) is 4. The van der Waals surface area contributed by atoms with Crippen LogP contribution in [-0.2, 0) is 24.3 Å². The molecule has 5 rings (SSSR count). The Balaban J connectivity index is 1.37. The predicted octanol–water partition coefficient (Wildman–Crippen LogP) is 2.69. The van der Waals surface area contributed by atoms with Crippen molar-refractivity contribution in [2.75, 3.05) is 31.2 Å². The summed E-state index contributed by atoms with van der Waals surface area (Å²) in [6.45, 7) is 4.03. The molecule has 1 aromatic heterocycles. The number of thiophene rings is 1. The Morgan fingerprint density at radius 3 is 2.67 bits per heavy atom. The van der Waals surface area contributed by atoms with Gasteiger partial charge >= 0.3 is 0 Å². The number of nitrogens with one attached hydrogen (secondary N) is 1. The topological polar surface area (TPSA) is 43.2 Å². The molecule has 3 aromatic rings. The Hall–Kier alpha value is -2.83. The molecule has 1 atom stereocenters. The molecule has 0 spiro atoms. The maximum absolute atomic E-state index is 13.5. The lowest BCUT2D eigenvalue weighted by Gasteiger charge is -2.29. The molecule has 0 saturated heterocycles. The van der Waals surface area contributed by atoms with E-state index in [1.807, 2.05) is 29.2 Å². The van der Waals surface area contributed by atoms with E-state index in [1.54, 1.807) is 11.3 Å². The molecule has 2 aliphatic rings. The van der Waals surface area contributed by atoms with Crippen LogP contribution in [0.2, 0.25) is 0 Å². The third-order valence-electron chi connectivity index (χ3n) is 5.74. The smallest absolute Gasteiger partial charge is 0.282 e. The largest absolute Gasteiger partial charge is 0.486 e. The molecule has 30 heavy (non-hydrogen) atoms. The molecule has 2 aliphatic heterocycles. The Morgan fingerprint density at radius 1 is 1.00 bits per heavy atom. The summed E-state index contributed by atoms with van der Waals surface area (Å²) >= 11 is 1.67. The zero-order chi connectivity index (χ0) is 20.3. The third kappa shape index (κ3) is 4.06. The number of nitrogens with zero attached hydrogens (tertiary/aromatic N) is 1. The highest BCUT2D eigenvalue weighted by molar-refractivity contribution is 7.09. The van der Waals surface area contributed by atoms with Gasteiger partial charge in [0.15, 0.2) is 18.0 Å². The summed E-state index contributed by atoms with van der Waals surface area (Å²) in [4.78, 5) is 17.8. The first kappa shape index (κ1) is 19.2. The van der Waals surface area contributed by atoms with E-state index in [-0.39, 0.29) is 5.91 Å². The number of quaternary nitrogens is 1. The Bertz CT molecular complexity index is 1030. The number of rotatable bonds is 5. The van der Waals surface area contributed by atoms with Crippen molar-refractivity contribution in [2.45, 2.75) is 19.5 Å². The summed E-state index contributed by atoms with van der Waals surface area (Å²) in [7, 11) is 0. The molecule has 154 valence electrons. The van der Waals surface area contributed by atoms with E-state index in [0.29, 0.717) is 32.1 Å². The van der Waals surface area contributed by atoms with Gasteiger partial charge in [0.05, 0.1) is 13.1 Å². The summed E-state index contributed by atoms with van der Waals surface area (Å²) in [5.74, 6) is 1.59. The number of ether oxygens (including phenoxy) is 2. The summed E-state index contributed by atoms with van der Waals surface area (Å²) in [5.41, 5.74) is 3.63. The highest BCUT2D eigenvalue weighted by Crippen LogP contribution is 2.34. The van der Waals surface area contributed by atoms with Gasteiger partial charge < -0.3 is 19.3 Å². The van der Waals surface area contributed by atoms with Gasteiger partial charge in [0.1, 0.15) is 19.8 Å². The van der Waals surface area contributed by atoms with Gasteiger partial charge in [-0.1, -0.05) is 30.3 Å². The first-order chi connectivity index (χ1) is 14.8. The SMILES string of the molecule is O=C(C[NH+]1CCc2ccccc2C1)N(Cc1cccs1)c1ccc2c(c1)OCCO2. The van der Waals surface area contributed by atoms with Gasteiger partial charge in [-0.25, -0.2) is 0 Å². The van der Waals surface area contributed by atoms with E-state index in [4.69, 9.17) is 9.47 Å². The Kier molecular flexibility index (Phi) is 5.43. The molecule has 0 saturated carbocycles. The van der Waals surface area contributed by atoms with Gasteiger partial charge in [-0.05, 0) is 29.1 Å². The van der Waals surface area contributed by atoms with E-state index >= 15 is 0 Å². The van der Waals surface area contributed by atoms with Crippen LogP contribution in [0.3, 0.4) is 0 Å². The van der Waals surface area contributed by atoms with Crippen molar-refractivity contribution < 1.29 is 19.2 Å². The van der Waals surface area contributed by atoms with Crippen molar-refractivity contribution in [1.82, 2.24) is 0 Å². The van der Waals surface area contributed by atoms with Crippen molar-refractivity contribution in [3.8, 4) is 11.5 Å². The molecule has 6 heteroatoms. The highest BCUT2D eigenvalue weighted by atomic mass is 32.1. The number of carbonyl (C=O) groups excluding carboxylic acids is 1. The fourth-order valence-corrected chi connectivity index (χ4v) is 4.88. The molecule has 0 aliphatic carbocycles. The van der Waals surface area contributed by atoms with Gasteiger partial charge in [-0.3, -0.25) is 4.79 Å². The van der Waals surface area contributed by atoms with Gasteiger partial charge in [-0.15, -0.1) is 11.3 Å². The first-order valence-electron chi connectivity index (χ1n) is 10.4. The van der Waals surface area contributed by atoms with Crippen molar-refractivity contribution in [3.63, 3.8) is 0 Å². The van der Waals surface area contributed by atoms with Crippen molar-refractivity contribution in [2.24, 2.45) is 0 Å². The molecule has 3 heterocycles. The van der Waals surface area contributed by atoms with Crippen LogP contribution in [0.5, 0.6) is 11.5 Å². The minimum atomic E-state index is 0.134. The number of carbonyl (C=O) groups is 1. The number of benzene rings is 2. The average Bonchev–Trinajstić information content (AvgIpc) is 3.30. The van der Waals surface area contributed by atoms with Crippen LogP contribution in [0.15, 0.2) is 60.0 Å². The first-order valence-corrected chi connectivity index (χ1v) is 11.3. The fourth-order valence-electron chi connectivity index (χ4n) is 4.18. The second-order valence-corrected chi connectivity index (χ2v) is 8.79. The van der Waals surface area contributed by atoms with E-state index in [2.05, 4.69) is 35.7 Å². The molecule has 5 nitrogen and oxygen atoms in total. The maximum Gasteiger partial charge on any atom is 0.282 e. The maximum atomic E-state index is 13.5. The normalized spacial score (nSPS) is 17.3. The van der Waals surface area contributed by atoms with E-state index in [1.165, 1.54) is 16.0 Å². The number of anilines is 1. The van der Waals surface area contributed by atoms with E-state index in [9.17, 15) is 4.79 Å². The molecule has 1 unspecified atom stereocenters. The van der Waals surface area contributed by atoms with Crippen LogP contribution < -0.4 is 19.3 Å². The zero-order valence-electron chi connectivity index (χ0n) is 16.8. The van der Waals surface area contributed by atoms with Gasteiger partial charge in [0.2, 0.25) is 0 Å². The number of amides is 1. The van der Waals surface area contributed by atoms with Gasteiger partial charge in [0, 0.05) is 28.6 Å². The summed E-state index contributed by atoms with van der Waals surface area (Å²) in [6.07, 6.45) is 1.02. The van der Waals surface area contributed by atoms with Crippen LogP contribution in [-0.4, -0.2) is 32.2 Å². The molecule has 0 fully saturated rings. The minimum Gasteiger partial charge on any atom is -0.486 e. The molecule has 1 N–H and O–H groups in total. The van der Waals surface area contributed by atoms with Crippen molar-refractivity contribution in [3.05, 3.63) is 76.0 Å². The fraction of sp³-hybridized carbons (Fsp3) is 0.292. The summed E-state index contributed by atoms with van der Waals surface area (Å²) < 4.78 is 11.4. The molecule has 0 bridgehead atoms. The van der Waals surface area contributed by atoms with Crippen LogP contribution in [0.25, 0.3) is 0 Å². The van der Waals surface area contributed by atoms with Crippen LogP contribution in [0.4, 0.5) is 5.69 Å². The Labute approximate surface area is 180 Å². The van der Waals surface area contributed by atoms with Crippen LogP contribution in [0, 0.1) is 0 Å².